The van der Waals surface area contributed by atoms with Crippen LogP contribution in [0.15, 0.2) is 12.2 Å². The van der Waals surface area contributed by atoms with Crippen molar-refractivity contribution in [2.75, 3.05) is 19.8 Å². The third kappa shape index (κ3) is 32.1. The van der Waals surface area contributed by atoms with E-state index >= 15 is 0 Å². The first kappa shape index (κ1) is 39.6. The zero-order chi connectivity index (χ0) is 29.2. The Kier molecular flexibility index (Phi) is 34.5. The average molecular weight is 567 g/mol. The van der Waals surface area contributed by atoms with Crippen molar-refractivity contribution >= 4 is 0 Å². The Labute approximate surface area is 252 Å². The van der Waals surface area contributed by atoms with Crippen LogP contribution in [-0.2, 0) is 4.74 Å². The first-order valence-electron chi connectivity index (χ1n) is 18.3. The molecular formula is C37H74O3. The zero-order valence-corrected chi connectivity index (χ0v) is 27.5. The number of hydrogen-bond acceptors (Lipinski definition) is 3. The van der Waals surface area contributed by atoms with Gasteiger partial charge in [0.25, 0.3) is 0 Å². The molecule has 0 spiro atoms. The Hall–Kier alpha value is -0.380. The molecule has 2 atom stereocenters. The Balaban J connectivity index is 3.86. The van der Waals surface area contributed by atoms with Crippen molar-refractivity contribution in [3.63, 3.8) is 0 Å². The van der Waals surface area contributed by atoms with Crippen molar-refractivity contribution < 1.29 is 14.9 Å². The van der Waals surface area contributed by atoms with E-state index in [0.717, 1.165) is 12.3 Å². The van der Waals surface area contributed by atoms with Crippen LogP contribution in [0.2, 0.25) is 0 Å². The SMILES string of the molecule is CCCCCCCC/C=C\CCCCCCCCC(CCCCCCCCCC)CCCCCOCC(O)CO. The summed E-state index contributed by atoms with van der Waals surface area (Å²) in [5.41, 5.74) is 0. The smallest absolute Gasteiger partial charge is 0.100 e. The second-order valence-electron chi connectivity index (χ2n) is 12.6. The molecule has 0 heterocycles. The van der Waals surface area contributed by atoms with E-state index in [2.05, 4.69) is 26.0 Å². The van der Waals surface area contributed by atoms with Crippen molar-refractivity contribution in [1.82, 2.24) is 0 Å². The van der Waals surface area contributed by atoms with Gasteiger partial charge in [0.15, 0.2) is 0 Å². The minimum atomic E-state index is -0.729. The quantitative estimate of drug-likeness (QED) is 0.0601. The molecule has 40 heavy (non-hydrogen) atoms. The lowest BCUT2D eigenvalue weighted by Gasteiger charge is -2.17. The van der Waals surface area contributed by atoms with Crippen LogP contribution in [0.4, 0.5) is 0 Å². The minimum Gasteiger partial charge on any atom is -0.394 e. The van der Waals surface area contributed by atoms with E-state index in [0.29, 0.717) is 6.61 Å². The summed E-state index contributed by atoms with van der Waals surface area (Å²) in [5, 5.41) is 18.2. The molecule has 0 saturated heterocycles. The predicted molar refractivity (Wildman–Crippen MR) is 177 cm³/mol. The van der Waals surface area contributed by atoms with Gasteiger partial charge in [-0.1, -0.05) is 174 Å². The molecule has 0 aliphatic heterocycles. The van der Waals surface area contributed by atoms with Gasteiger partial charge in [-0.3, -0.25) is 0 Å². The summed E-state index contributed by atoms with van der Waals surface area (Å²) >= 11 is 0. The van der Waals surface area contributed by atoms with Crippen LogP contribution in [0.5, 0.6) is 0 Å². The van der Waals surface area contributed by atoms with Crippen LogP contribution in [0, 0.1) is 5.92 Å². The van der Waals surface area contributed by atoms with Gasteiger partial charge in [0.1, 0.15) is 6.10 Å². The first-order valence-corrected chi connectivity index (χ1v) is 18.3. The summed E-state index contributed by atoms with van der Waals surface area (Å²) < 4.78 is 5.47. The van der Waals surface area contributed by atoms with Crippen molar-refractivity contribution in [2.45, 2.75) is 200 Å². The highest BCUT2D eigenvalue weighted by molar-refractivity contribution is 4.81. The van der Waals surface area contributed by atoms with E-state index < -0.39 is 6.10 Å². The van der Waals surface area contributed by atoms with E-state index in [9.17, 15) is 5.11 Å². The molecule has 0 aromatic heterocycles. The number of ether oxygens (including phenoxy) is 1. The van der Waals surface area contributed by atoms with E-state index in [4.69, 9.17) is 9.84 Å². The molecule has 0 bridgehead atoms. The number of aliphatic hydroxyl groups is 2. The Morgan fingerprint density at radius 1 is 0.500 bits per heavy atom. The highest BCUT2D eigenvalue weighted by Gasteiger charge is 2.09. The molecule has 0 aromatic carbocycles. The molecule has 0 fully saturated rings. The molecule has 2 N–H and O–H groups in total. The molecule has 3 nitrogen and oxygen atoms in total. The molecule has 0 aliphatic carbocycles. The second kappa shape index (κ2) is 34.8. The maximum Gasteiger partial charge on any atom is 0.100 e. The standard InChI is InChI=1S/C37H74O3/c1-3-5-7-9-11-13-14-15-16-17-18-19-20-22-24-27-31-36(30-26-23-21-12-10-8-6-4-2)32-28-25-29-33-40-35-37(39)34-38/h15-16,36-39H,3-14,17-35H2,1-2H3/b16-15-. The van der Waals surface area contributed by atoms with Crippen LogP contribution in [0.1, 0.15) is 194 Å². The molecule has 0 amide bonds. The molecule has 2 unspecified atom stereocenters. The van der Waals surface area contributed by atoms with Gasteiger partial charge in [0.05, 0.1) is 13.2 Å². The number of aliphatic hydroxyl groups excluding tert-OH is 2. The normalized spacial score (nSPS) is 13.4. The lowest BCUT2D eigenvalue weighted by molar-refractivity contribution is 0.00521. The van der Waals surface area contributed by atoms with Crippen molar-refractivity contribution in [1.29, 1.82) is 0 Å². The molecular weight excluding hydrogens is 492 g/mol. The number of allylic oxidation sites excluding steroid dienone is 2. The van der Waals surface area contributed by atoms with Crippen molar-refractivity contribution in [3.8, 4) is 0 Å². The van der Waals surface area contributed by atoms with Crippen LogP contribution in [-0.4, -0.2) is 36.1 Å². The third-order valence-electron chi connectivity index (χ3n) is 8.51. The monoisotopic (exact) mass is 567 g/mol. The van der Waals surface area contributed by atoms with Gasteiger partial charge < -0.3 is 14.9 Å². The molecule has 0 aliphatic rings. The predicted octanol–water partition coefficient (Wildman–Crippen LogP) is 11.5. The van der Waals surface area contributed by atoms with Gasteiger partial charge in [-0.2, -0.15) is 0 Å². The maximum absolute atomic E-state index is 9.37. The maximum atomic E-state index is 9.37. The van der Waals surface area contributed by atoms with Gasteiger partial charge >= 0.3 is 0 Å². The van der Waals surface area contributed by atoms with E-state index in [1.807, 2.05) is 0 Å². The zero-order valence-electron chi connectivity index (χ0n) is 27.5. The number of rotatable bonds is 34. The highest BCUT2D eigenvalue weighted by atomic mass is 16.5. The number of unbranched alkanes of at least 4 members (excludes halogenated alkanes) is 21. The fraction of sp³-hybridized carbons (Fsp3) is 0.946. The van der Waals surface area contributed by atoms with Crippen molar-refractivity contribution in [3.05, 3.63) is 12.2 Å². The molecule has 0 aromatic rings. The molecule has 240 valence electrons. The molecule has 0 radical (unpaired) electrons. The minimum absolute atomic E-state index is 0.211. The van der Waals surface area contributed by atoms with E-state index in [1.165, 1.54) is 173 Å². The van der Waals surface area contributed by atoms with E-state index in [-0.39, 0.29) is 13.2 Å². The highest BCUT2D eigenvalue weighted by Crippen LogP contribution is 2.24. The van der Waals surface area contributed by atoms with Crippen LogP contribution in [0.3, 0.4) is 0 Å². The molecule has 0 rings (SSSR count). The topological polar surface area (TPSA) is 49.7 Å². The fourth-order valence-corrected chi connectivity index (χ4v) is 5.77. The summed E-state index contributed by atoms with van der Waals surface area (Å²) in [6.07, 6.45) is 42.7. The second-order valence-corrected chi connectivity index (χ2v) is 12.6. The summed E-state index contributed by atoms with van der Waals surface area (Å²) in [5.74, 6) is 0.911. The summed E-state index contributed by atoms with van der Waals surface area (Å²) in [6.45, 7) is 5.34. The van der Waals surface area contributed by atoms with Gasteiger partial charge in [0.2, 0.25) is 0 Å². The molecule has 3 heteroatoms. The van der Waals surface area contributed by atoms with Gasteiger partial charge in [-0.25, -0.2) is 0 Å². The van der Waals surface area contributed by atoms with Gasteiger partial charge in [-0.15, -0.1) is 0 Å². The first-order chi connectivity index (χ1) is 19.7. The Bertz CT molecular complexity index is 478. The average Bonchev–Trinajstić information content (AvgIpc) is 2.97. The van der Waals surface area contributed by atoms with Gasteiger partial charge in [0, 0.05) is 6.61 Å². The Morgan fingerprint density at radius 3 is 1.30 bits per heavy atom. The summed E-state index contributed by atoms with van der Waals surface area (Å²) in [7, 11) is 0. The summed E-state index contributed by atoms with van der Waals surface area (Å²) in [6, 6.07) is 0. The van der Waals surface area contributed by atoms with Crippen LogP contribution >= 0.6 is 0 Å². The number of hydrogen-bond donors (Lipinski definition) is 2. The van der Waals surface area contributed by atoms with Gasteiger partial charge in [-0.05, 0) is 38.0 Å². The lowest BCUT2D eigenvalue weighted by Crippen LogP contribution is -2.19. The van der Waals surface area contributed by atoms with Crippen LogP contribution < -0.4 is 0 Å². The third-order valence-corrected chi connectivity index (χ3v) is 8.51. The summed E-state index contributed by atoms with van der Waals surface area (Å²) in [4.78, 5) is 0. The van der Waals surface area contributed by atoms with E-state index in [1.54, 1.807) is 0 Å². The van der Waals surface area contributed by atoms with Crippen LogP contribution in [0.25, 0.3) is 0 Å². The fourth-order valence-electron chi connectivity index (χ4n) is 5.77. The molecule has 0 saturated carbocycles. The van der Waals surface area contributed by atoms with Crippen molar-refractivity contribution in [2.24, 2.45) is 5.92 Å². The lowest BCUT2D eigenvalue weighted by atomic mass is 9.89. The largest absolute Gasteiger partial charge is 0.394 e. The Morgan fingerprint density at radius 2 is 0.875 bits per heavy atom.